The van der Waals surface area contributed by atoms with Crippen LogP contribution in [0.1, 0.15) is 0 Å². The Hall–Kier alpha value is -2.17. The zero-order chi connectivity index (χ0) is 10.8. The molecular weight excluding hydrogens is 196 g/mol. The molecule has 0 radical (unpaired) electrons. The Morgan fingerprint density at radius 2 is 2.27 bits per heavy atom. The molecule has 2 rings (SSSR count). The normalized spacial score (nSPS) is 10.2. The largest absolute Gasteiger partial charge is 0.504 e. The lowest BCUT2D eigenvalue weighted by atomic mass is 10.1. The van der Waals surface area contributed by atoms with Crippen molar-refractivity contribution >= 4 is 5.88 Å². The molecule has 0 saturated heterocycles. The monoisotopic (exact) mass is 206 g/mol. The molecule has 1 heterocycles. The number of hydrogen-bond donors (Lipinski definition) is 2. The molecule has 5 heteroatoms. The van der Waals surface area contributed by atoms with Gasteiger partial charge in [0.15, 0.2) is 11.5 Å². The van der Waals surface area contributed by atoms with Crippen LogP contribution < -0.4 is 10.5 Å². The van der Waals surface area contributed by atoms with Crippen LogP contribution in [0.5, 0.6) is 11.5 Å². The number of methoxy groups -OCH3 is 1. The predicted molar refractivity (Wildman–Crippen MR) is 54.6 cm³/mol. The van der Waals surface area contributed by atoms with E-state index >= 15 is 0 Å². The molecule has 0 aliphatic heterocycles. The minimum atomic E-state index is 0.0216. The van der Waals surface area contributed by atoms with E-state index in [-0.39, 0.29) is 11.6 Å². The Kier molecular flexibility index (Phi) is 2.21. The van der Waals surface area contributed by atoms with E-state index in [1.807, 2.05) is 0 Å². The molecule has 1 aromatic carbocycles. The molecule has 0 amide bonds. The van der Waals surface area contributed by atoms with Crippen molar-refractivity contribution in [2.24, 2.45) is 0 Å². The summed E-state index contributed by atoms with van der Waals surface area (Å²) in [4.78, 5) is 0. The van der Waals surface area contributed by atoms with Crippen LogP contribution in [0.15, 0.2) is 28.8 Å². The van der Waals surface area contributed by atoms with Crippen molar-refractivity contribution in [2.75, 3.05) is 12.8 Å². The Bertz CT molecular complexity index is 479. The quantitative estimate of drug-likeness (QED) is 0.780. The molecule has 0 fully saturated rings. The number of nitrogens with two attached hydrogens (primary N) is 1. The highest BCUT2D eigenvalue weighted by atomic mass is 16.5. The lowest BCUT2D eigenvalue weighted by molar-refractivity contribution is 0.374. The third-order valence-corrected chi connectivity index (χ3v) is 2.02. The summed E-state index contributed by atoms with van der Waals surface area (Å²) in [7, 11) is 1.48. The molecule has 78 valence electrons. The number of phenolic OH excluding ortho intramolecular Hbond substituents is 1. The van der Waals surface area contributed by atoms with Crippen LogP contribution in [-0.4, -0.2) is 17.4 Å². The van der Waals surface area contributed by atoms with Gasteiger partial charge in [0, 0.05) is 11.6 Å². The summed E-state index contributed by atoms with van der Waals surface area (Å²) in [5.41, 5.74) is 6.39. The molecule has 1 aromatic heterocycles. The van der Waals surface area contributed by atoms with Crippen LogP contribution in [-0.2, 0) is 0 Å². The van der Waals surface area contributed by atoms with Crippen LogP contribution in [0.4, 0.5) is 5.88 Å². The van der Waals surface area contributed by atoms with Gasteiger partial charge in [-0.3, -0.25) is 0 Å². The number of aromatic hydroxyl groups is 1. The number of benzene rings is 1. The second kappa shape index (κ2) is 3.53. The number of phenols is 1. The first kappa shape index (κ1) is 9.39. The van der Waals surface area contributed by atoms with Crippen molar-refractivity contribution in [3.63, 3.8) is 0 Å². The van der Waals surface area contributed by atoms with Gasteiger partial charge in [-0.2, -0.15) is 0 Å². The fraction of sp³-hybridized carbons (Fsp3) is 0.100. The van der Waals surface area contributed by atoms with Crippen molar-refractivity contribution < 1.29 is 14.4 Å². The highest BCUT2D eigenvalue weighted by molar-refractivity contribution is 5.71. The van der Waals surface area contributed by atoms with Crippen LogP contribution in [0.3, 0.4) is 0 Å². The average Bonchev–Trinajstić information content (AvgIpc) is 2.65. The Labute approximate surface area is 86.1 Å². The molecule has 2 aromatic rings. The summed E-state index contributed by atoms with van der Waals surface area (Å²) in [6.45, 7) is 0. The number of ether oxygens (including phenoxy) is 1. The topological polar surface area (TPSA) is 81.5 Å². The summed E-state index contributed by atoms with van der Waals surface area (Å²) >= 11 is 0. The Morgan fingerprint density at radius 3 is 2.87 bits per heavy atom. The number of nitrogens with zero attached hydrogens (tertiary/aromatic N) is 1. The maximum atomic E-state index is 9.80. The zero-order valence-electron chi connectivity index (χ0n) is 8.10. The van der Waals surface area contributed by atoms with E-state index in [9.17, 15) is 5.11 Å². The van der Waals surface area contributed by atoms with Crippen molar-refractivity contribution in [1.82, 2.24) is 5.16 Å². The maximum Gasteiger partial charge on any atom is 0.222 e. The van der Waals surface area contributed by atoms with Crippen LogP contribution >= 0.6 is 0 Å². The first-order valence-electron chi connectivity index (χ1n) is 4.31. The fourth-order valence-electron chi connectivity index (χ4n) is 1.31. The molecule has 0 aliphatic rings. The van der Waals surface area contributed by atoms with E-state index in [4.69, 9.17) is 15.0 Å². The number of rotatable bonds is 2. The van der Waals surface area contributed by atoms with Crippen LogP contribution in [0, 0.1) is 0 Å². The molecule has 0 atom stereocenters. The lowest BCUT2D eigenvalue weighted by Gasteiger charge is -2.05. The minimum Gasteiger partial charge on any atom is -0.504 e. The summed E-state index contributed by atoms with van der Waals surface area (Å²) in [6.07, 6.45) is 0. The number of aromatic nitrogens is 1. The summed E-state index contributed by atoms with van der Waals surface area (Å²) in [5.74, 6) is 0.606. The smallest absolute Gasteiger partial charge is 0.222 e. The molecule has 0 aliphatic carbocycles. The molecule has 0 spiro atoms. The average molecular weight is 206 g/mol. The molecule has 0 bridgehead atoms. The van der Waals surface area contributed by atoms with Gasteiger partial charge in [0.1, 0.15) is 5.69 Å². The van der Waals surface area contributed by atoms with Crippen LogP contribution in [0.2, 0.25) is 0 Å². The van der Waals surface area contributed by atoms with Crippen molar-refractivity contribution in [3.8, 4) is 22.8 Å². The van der Waals surface area contributed by atoms with Gasteiger partial charge in [0.2, 0.25) is 5.88 Å². The third kappa shape index (κ3) is 1.59. The molecule has 15 heavy (non-hydrogen) atoms. The van der Waals surface area contributed by atoms with Gasteiger partial charge in [-0.15, -0.1) is 0 Å². The van der Waals surface area contributed by atoms with Crippen molar-refractivity contribution in [1.29, 1.82) is 0 Å². The molecule has 0 saturated carbocycles. The van der Waals surface area contributed by atoms with Gasteiger partial charge < -0.3 is 20.1 Å². The summed E-state index contributed by atoms with van der Waals surface area (Å²) in [6, 6.07) is 6.64. The summed E-state index contributed by atoms with van der Waals surface area (Å²) < 4.78 is 9.70. The Balaban J connectivity index is 2.53. The Morgan fingerprint density at radius 1 is 1.47 bits per heavy atom. The zero-order valence-corrected chi connectivity index (χ0v) is 8.10. The van der Waals surface area contributed by atoms with E-state index in [0.717, 1.165) is 0 Å². The van der Waals surface area contributed by atoms with Crippen molar-refractivity contribution in [3.05, 3.63) is 24.3 Å². The SMILES string of the molecule is COc1cccc(-c2cc(N)on2)c1O. The van der Waals surface area contributed by atoms with Gasteiger partial charge in [0.25, 0.3) is 0 Å². The molecule has 3 N–H and O–H groups in total. The molecule has 0 unspecified atom stereocenters. The predicted octanol–water partition coefficient (Wildman–Crippen LogP) is 1.64. The lowest BCUT2D eigenvalue weighted by Crippen LogP contribution is -1.86. The summed E-state index contributed by atoms with van der Waals surface area (Å²) in [5, 5.41) is 13.5. The number of hydrogen-bond acceptors (Lipinski definition) is 5. The van der Waals surface area contributed by atoms with E-state index in [0.29, 0.717) is 17.0 Å². The second-order valence-corrected chi connectivity index (χ2v) is 2.97. The van der Waals surface area contributed by atoms with Gasteiger partial charge >= 0.3 is 0 Å². The second-order valence-electron chi connectivity index (χ2n) is 2.97. The highest BCUT2D eigenvalue weighted by Crippen LogP contribution is 2.36. The standard InChI is InChI=1S/C10H10N2O3/c1-14-8-4-2-3-6(10(8)13)7-5-9(11)15-12-7/h2-5,13H,11H2,1H3. The van der Waals surface area contributed by atoms with Gasteiger partial charge in [-0.1, -0.05) is 11.2 Å². The van der Waals surface area contributed by atoms with E-state index in [1.54, 1.807) is 18.2 Å². The molecular formula is C10H10N2O3. The van der Waals surface area contributed by atoms with Crippen LogP contribution in [0.25, 0.3) is 11.3 Å². The van der Waals surface area contributed by atoms with Gasteiger partial charge in [0.05, 0.1) is 7.11 Å². The first-order valence-corrected chi connectivity index (χ1v) is 4.31. The van der Waals surface area contributed by atoms with E-state index in [1.165, 1.54) is 13.2 Å². The number of nitrogen functional groups attached to an aromatic ring is 1. The van der Waals surface area contributed by atoms with Gasteiger partial charge in [-0.05, 0) is 12.1 Å². The first-order chi connectivity index (χ1) is 7.22. The van der Waals surface area contributed by atoms with Crippen molar-refractivity contribution in [2.45, 2.75) is 0 Å². The van der Waals surface area contributed by atoms with E-state index in [2.05, 4.69) is 5.16 Å². The third-order valence-electron chi connectivity index (χ3n) is 2.02. The number of para-hydroxylation sites is 1. The number of anilines is 1. The molecule has 5 nitrogen and oxygen atoms in total. The highest BCUT2D eigenvalue weighted by Gasteiger charge is 2.12. The van der Waals surface area contributed by atoms with Gasteiger partial charge in [-0.25, -0.2) is 0 Å². The minimum absolute atomic E-state index is 0.0216. The van der Waals surface area contributed by atoms with E-state index < -0.39 is 0 Å². The maximum absolute atomic E-state index is 9.80. The fourth-order valence-corrected chi connectivity index (χ4v) is 1.31.